The maximum Gasteiger partial charge on any atom is 0.124 e. The minimum absolute atomic E-state index is 0. The predicted molar refractivity (Wildman–Crippen MR) is 74.5 cm³/mol. The van der Waals surface area contributed by atoms with Crippen molar-refractivity contribution in [1.82, 2.24) is 5.32 Å². The van der Waals surface area contributed by atoms with Gasteiger partial charge in [0.1, 0.15) is 12.4 Å². The summed E-state index contributed by atoms with van der Waals surface area (Å²) in [6.45, 7) is 8.04. The van der Waals surface area contributed by atoms with Crippen molar-refractivity contribution in [3.05, 3.63) is 40.9 Å². The summed E-state index contributed by atoms with van der Waals surface area (Å²) >= 11 is 3.45. The molecule has 16 heavy (non-hydrogen) atoms. The molecule has 0 unspecified atom stereocenters. The quantitative estimate of drug-likeness (QED) is 0.812. The van der Waals surface area contributed by atoms with E-state index in [-0.39, 0.29) is 12.4 Å². The normalized spacial score (nSPS) is 9.38. The van der Waals surface area contributed by atoms with Gasteiger partial charge in [0.15, 0.2) is 0 Å². The molecule has 0 heterocycles. The van der Waals surface area contributed by atoms with E-state index in [1.54, 1.807) is 6.08 Å². The molecule has 0 bridgehead atoms. The molecule has 1 aromatic rings. The number of nitrogens with one attached hydrogen (secondary N) is 1. The Kier molecular flexibility index (Phi) is 8.35. The minimum Gasteiger partial charge on any atom is -0.489 e. The molecule has 0 aliphatic rings. The van der Waals surface area contributed by atoms with Gasteiger partial charge in [-0.05, 0) is 24.7 Å². The zero-order valence-corrected chi connectivity index (χ0v) is 11.7. The summed E-state index contributed by atoms with van der Waals surface area (Å²) in [6.07, 6.45) is 1.75. The van der Waals surface area contributed by atoms with E-state index in [9.17, 15) is 0 Å². The van der Waals surface area contributed by atoms with Gasteiger partial charge in [-0.1, -0.05) is 35.5 Å². The van der Waals surface area contributed by atoms with Crippen molar-refractivity contribution in [1.29, 1.82) is 0 Å². The van der Waals surface area contributed by atoms with Crippen LogP contribution in [-0.4, -0.2) is 13.2 Å². The zero-order chi connectivity index (χ0) is 11.1. The second-order valence-electron chi connectivity index (χ2n) is 3.13. The molecule has 2 nitrogen and oxygen atoms in total. The lowest BCUT2D eigenvalue weighted by Gasteiger charge is -2.10. The average molecular weight is 307 g/mol. The van der Waals surface area contributed by atoms with Gasteiger partial charge in [-0.3, -0.25) is 0 Å². The third-order valence-corrected chi connectivity index (χ3v) is 2.44. The van der Waals surface area contributed by atoms with Crippen LogP contribution in [0.15, 0.2) is 35.3 Å². The van der Waals surface area contributed by atoms with Gasteiger partial charge in [-0.25, -0.2) is 0 Å². The summed E-state index contributed by atoms with van der Waals surface area (Å²) in [5.74, 6) is 0.916. The fraction of sp³-hybridized carbons (Fsp3) is 0.333. The van der Waals surface area contributed by atoms with E-state index in [0.29, 0.717) is 6.61 Å². The van der Waals surface area contributed by atoms with Crippen LogP contribution in [0.2, 0.25) is 0 Å². The summed E-state index contributed by atoms with van der Waals surface area (Å²) in [4.78, 5) is 0. The van der Waals surface area contributed by atoms with Gasteiger partial charge < -0.3 is 10.1 Å². The van der Waals surface area contributed by atoms with Crippen LogP contribution in [0.3, 0.4) is 0 Å². The molecule has 90 valence electrons. The average Bonchev–Trinajstić information content (AvgIpc) is 2.25. The van der Waals surface area contributed by atoms with Crippen LogP contribution in [0.25, 0.3) is 0 Å². The Bertz CT molecular complexity index is 331. The van der Waals surface area contributed by atoms with E-state index in [1.165, 1.54) is 0 Å². The summed E-state index contributed by atoms with van der Waals surface area (Å²) < 4.78 is 6.63. The van der Waals surface area contributed by atoms with Gasteiger partial charge in [0, 0.05) is 16.6 Å². The Morgan fingerprint density at radius 2 is 2.25 bits per heavy atom. The molecule has 0 aliphatic heterocycles. The molecule has 0 radical (unpaired) electrons. The molecule has 1 rings (SSSR count). The Morgan fingerprint density at radius 1 is 1.50 bits per heavy atom. The van der Waals surface area contributed by atoms with Crippen LogP contribution < -0.4 is 10.1 Å². The molecule has 0 aromatic heterocycles. The summed E-state index contributed by atoms with van der Waals surface area (Å²) in [5.41, 5.74) is 1.16. The molecule has 4 heteroatoms. The van der Waals surface area contributed by atoms with Crippen molar-refractivity contribution in [3.8, 4) is 5.75 Å². The lowest BCUT2D eigenvalue weighted by molar-refractivity contribution is 0.358. The highest BCUT2D eigenvalue weighted by Gasteiger charge is 2.03. The molecular formula is C12H17BrClNO. The van der Waals surface area contributed by atoms with E-state index in [2.05, 4.69) is 40.8 Å². The van der Waals surface area contributed by atoms with Crippen LogP contribution >= 0.6 is 28.3 Å². The standard InChI is InChI=1S/C12H16BrNO.ClH/c1-3-7-15-12-6-5-11(13)8-10(12)9-14-4-2;/h3,5-6,8,14H,1,4,7,9H2,2H3;1H. The van der Waals surface area contributed by atoms with Crippen molar-refractivity contribution >= 4 is 28.3 Å². The second-order valence-corrected chi connectivity index (χ2v) is 4.05. The van der Waals surface area contributed by atoms with Gasteiger partial charge in [-0.15, -0.1) is 12.4 Å². The molecule has 0 saturated heterocycles. The zero-order valence-electron chi connectivity index (χ0n) is 9.33. The highest BCUT2D eigenvalue weighted by atomic mass is 79.9. The predicted octanol–water partition coefficient (Wildman–Crippen LogP) is 3.55. The van der Waals surface area contributed by atoms with Crippen molar-refractivity contribution in [2.45, 2.75) is 13.5 Å². The molecule has 0 saturated carbocycles. The van der Waals surface area contributed by atoms with Gasteiger partial charge in [0.2, 0.25) is 0 Å². The number of benzene rings is 1. The molecule has 1 aromatic carbocycles. The fourth-order valence-electron chi connectivity index (χ4n) is 1.24. The molecule has 1 N–H and O–H groups in total. The fourth-order valence-corrected chi connectivity index (χ4v) is 1.64. The third-order valence-electron chi connectivity index (χ3n) is 1.94. The molecule has 0 fully saturated rings. The van der Waals surface area contributed by atoms with E-state index < -0.39 is 0 Å². The Hall–Kier alpha value is -0.510. The molecule has 0 spiro atoms. The first kappa shape index (κ1) is 15.5. The number of halogens is 2. The number of rotatable bonds is 6. The first-order valence-electron chi connectivity index (χ1n) is 5.00. The minimum atomic E-state index is 0. The second kappa shape index (κ2) is 8.62. The van der Waals surface area contributed by atoms with Crippen molar-refractivity contribution in [3.63, 3.8) is 0 Å². The van der Waals surface area contributed by atoms with Crippen LogP contribution in [-0.2, 0) is 6.54 Å². The van der Waals surface area contributed by atoms with Crippen molar-refractivity contribution in [2.75, 3.05) is 13.2 Å². The monoisotopic (exact) mass is 305 g/mol. The lowest BCUT2D eigenvalue weighted by Crippen LogP contribution is -2.13. The highest BCUT2D eigenvalue weighted by molar-refractivity contribution is 9.10. The Balaban J connectivity index is 0.00000225. The molecule has 0 atom stereocenters. The maximum absolute atomic E-state index is 5.56. The summed E-state index contributed by atoms with van der Waals surface area (Å²) in [7, 11) is 0. The number of hydrogen-bond acceptors (Lipinski definition) is 2. The van der Waals surface area contributed by atoms with Gasteiger partial charge in [-0.2, -0.15) is 0 Å². The van der Waals surface area contributed by atoms with Gasteiger partial charge in [0.05, 0.1) is 0 Å². The first-order chi connectivity index (χ1) is 7.27. The van der Waals surface area contributed by atoms with Crippen LogP contribution in [0, 0.1) is 0 Å². The molecule has 0 aliphatic carbocycles. The maximum atomic E-state index is 5.56. The van der Waals surface area contributed by atoms with Crippen LogP contribution in [0.4, 0.5) is 0 Å². The van der Waals surface area contributed by atoms with Crippen LogP contribution in [0.5, 0.6) is 5.75 Å². The topological polar surface area (TPSA) is 21.3 Å². The largest absolute Gasteiger partial charge is 0.489 e. The smallest absolute Gasteiger partial charge is 0.124 e. The summed E-state index contributed by atoms with van der Waals surface area (Å²) in [6, 6.07) is 6.02. The Labute approximate surface area is 112 Å². The van der Waals surface area contributed by atoms with Crippen molar-refractivity contribution in [2.24, 2.45) is 0 Å². The van der Waals surface area contributed by atoms with Gasteiger partial charge in [0.25, 0.3) is 0 Å². The van der Waals surface area contributed by atoms with E-state index in [1.807, 2.05) is 12.1 Å². The van der Waals surface area contributed by atoms with Crippen molar-refractivity contribution < 1.29 is 4.74 Å². The lowest BCUT2D eigenvalue weighted by atomic mass is 10.2. The third kappa shape index (κ3) is 5.01. The first-order valence-corrected chi connectivity index (χ1v) is 5.80. The molecular weight excluding hydrogens is 289 g/mol. The SMILES string of the molecule is C=CCOc1ccc(Br)cc1CNCC.Cl. The Morgan fingerprint density at radius 3 is 2.88 bits per heavy atom. The van der Waals surface area contributed by atoms with E-state index in [0.717, 1.165) is 28.9 Å². The number of hydrogen-bond donors (Lipinski definition) is 1. The number of ether oxygens (including phenoxy) is 1. The van der Waals surface area contributed by atoms with Crippen LogP contribution in [0.1, 0.15) is 12.5 Å². The highest BCUT2D eigenvalue weighted by Crippen LogP contribution is 2.23. The molecule has 0 amide bonds. The van der Waals surface area contributed by atoms with E-state index in [4.69, 9.17) is 4.74 Å². The summed E-state index contributed by atoms with van der Waals surface area (Å²) in [5, 5.41) is 3.28. The van der Waals surface area contributed by atoms with E-state index >= 15 is 0 Å². The van der Waals surface area contributed by atoms with Gasteiger partial charge >= 0.3 is 0 Å².